The van der Waals surface area contributed by atoms with E-state index in [2.05, 4.69) is 4.90 Å². The van der Waals surface area contributed by atoms with Crippen LogP contribution in [0.15, 0.2) is 33.5 Å². The number of hydrogen-bond acceptors (Lipinski definition) is 6. The van der Waals surface area contributed by atoms with Crippen LogP contribution in [0.3, 0.4) is 0 Å². The first-order valence-corrected chi connectivity index (χ1v) is 9.84. The summed E-state index contributed by atoms with van der Waals surface area (Å²) in [6, 6.07) is 7.12. The standard InChI is InChI=1S/C21H26N2O5/c1-26-17-2-3-18-16(12-20(24)28-19(18)13-17)14-22-6-4-15(5-7-22)21(25)23-8-10-27-11-9-23/h2-3,12-13,15H,4-11,14H2,1H3. The number of amides is 1. The van der Waals surface area contributed by atoms with Crippen molar-refractivity contribution in [1.29, 1.82) is 0 Å². The molecule has 7 nitrogen and oxygen atoms in total. The molecular weight excluding hydrogens is 360 g/mol. The molecule has 0 N–H and O–H groups in total. The molecule has 28 heavy (non-hydrogen) atoms. The maximum absolute atomic E-state index is 12.7. The predicted molar refractivity (Wildman–Crippen MR) is 104 cm³/mol. The zero-order valence-electron chi connectivity index (χ0n) is 16.2. The van der Waals surface area contributed by atoms with Gasteiger partial charge >= 0.3 is 5.63 Å². The summed E-state index contributed by atoms with van der Waals surface area (Å²) < 4.78 is 15.9. The van der Waals surface area contributed by atoms with E-state index >= 15 is 0 Å². The van der Waals surface area contributed by atoms with Crippen LogP contribution in [0.4, 0.5) is 0 Å². The van der Waals surface area contributed by atoms with Crippen LogP contribution in [0.5, 0.6) is 5.75 Å². The van der Waals surface area contributed by atoms with Gasteiger partial charge in [0.1, 0.15) is 11.3 Å². The largest absolute Gasteiger partial charge is 0.497 e. The first-order chi connectivity index (χ1) is 13.6. The number of piperidine rings is 1. The molecular formula is C21H26N2O5. The van der Waals surface area contributed by atoms with Gasteiger partial charge in [-0.3, -0.25) is 9.69 Å². The van der Waals surface area contributed by atoms with Crippen LogP contribution in [0.25, 0.3) is 11.0 Å². The zero-order chi connectivity index (χ0) is 19.5. The molecule has 2 fully saturated rings. The van der Waals surface area contributed by atoms with E-state index in [1.165, 1.54) is 0 Å². The molecule has 2 aliphatic rings. The summed E-state index contributed by atoms with van der Waals surface area (Å²) in [5.74, 6) is 1.02. The Kier molecular flexibility index (Phi) is 5.64. The number of methoxy groups -OCH3 is 1. The van der Waals surface area contributed by atoms with Crippen LogP contribution >= 0.6 is 0 Å². The Hall–Kier alpha value is -2.38. The molecule has 4 rings (SSSR count). The molecule has 1 aromatic carbocycles. The highest BCUT2D eigenvalue weighted by atomic mass is 16.5. The fourth-order valence-corrected chi connectivity index (χ4v) is 4.09. The van der Waals surface area contributed by atoms with Gasteiger partial charge in [-0.05, 0) is 43.6 Å². The average Bonchev–Trinajstić information content (AvgIpc) is 2.74. The smallest absolute Gasteiger partial charge is 0.336 e. The highest BCUT2D eigenvalue weighted by Gasteiger charge is 2.29. The Morgan fingerprint density at radius 1 is 1.14 bits per heavy atom. The molecule has 1 amide bonds. The minimum Gasteiger partial charge on any atom is -0.497 e. The number of rotatable bonds is 4. The van der Waals surface area contributed by atoms with Crippen molar-refractivity contribution in [2.24, 2.45) is 5.92 Å². The number of carbonyl (C=O) groups excluding carboxylic acids is 1. The molecule has 7 heteroatoms. The van der Waals surface area contributed by atoms with E-state index in [1.54, 1.807) is 19.2 Å². The lowest BCUT2D eigenvalue weighted by molar-refractivity contribution is -0.141. The van der Waals surface area contributed by atoms with Crippen molar-refractivity contribution in [2.75, 3.05) is 46.5 Å². The van der Waals surface area contributed by atoms with Crippen LogP contribution in [-0.2, 0) is 16.1 Å². The van der Waals surface area contributed by atoms with Crippen LogP contribution in [0.1, 0.15) is 18.4 Å². The molecule has 0 spiro atoms. The summed E-state index contributed by atoms with van der Waals surface area (Å²) in [4.78, 5) is 28.9. The number of nitrogens with zero attached hydrogens (tertiary/aromatic N) is 2. The Labute approximate surface area is 163 Å². The molecule has 150 valence electrons. The second-order valence-electron chi connectivity index (χ2n) is 7.44. The minimum atomic E-state index is -0.354. The fraction of sp³-hybridized carbons (Fsp3) is 0.524. The Morgan fingerprint density at radius 3 is 2.61 bits per heavy atom. The number of carbonyl (C=O) groups is 1. The highest BCUT2D eigenvalue weighted by molar-refractivity contribution is 5.81. The van der Waals surface area contributed by atoms with Gasteiger partial charge in [-0.25, -0.2) is 4.79 Å². The second-order valence-corrected chi connectivity index (χ2v) is 7.44. The summed E-state index contributed by atoms with van der Waals surface area (Å²) in [6.45, 7) is 5.05. The number of likely N-dealkylation sites (tertiary alicyclic amines) is 1. The number of ether oxygens (including phenoxy) is 2. The quantitative estimate of drug-likeness (QED) is 0.747. The SMILES string of the molecule is COc1ccc2c(CN3CCC(C(=O)N4CCOCC4)CC3)cc(=O)oc2c1. The van der Waals surface area contributed by atoms with Crippen molar-refractivity contribution >= 4 is 16.9 Å². The third-order valence-corrected chi connectivity index (χ3v) is 5.69. The number of fused-ring (bicyclic) bond motifs is 1. The number of hydrogen-bond donors (Lipinski definition) is 0. The van der Waals surface area contributed by atoms with Crippen LogP contribution < -0.4 is 10.4 Å². The first kappa shape index (κ1) is 19.0. The number of morpholine rings is 1. The van der Waals surface area contributed by atoms with Gasteiger partial charge in [0, 0.05) is 43.1 Å². The predicted octanol–water partition coefficient (Wildman–Crippen LogP) is 1.87. The van der Waals surface area contributed by atoms with Crippen LogP contribution in [0, 0.1) is 5.92 Å². The van der Waals surface area contributed by atoms with Crippen molar-refractivity contribution in [3.63, 3.8) is 0 Å². The summed E-state index contributed by atoms with van der Waals surface area (Å²) in [7, 11) is 1.59. The molecule has 2 aromatic rings. The maximum atomic E-state index is 12.7. The van der Waals surface area contributed by atoms with Gasteiger partial charge in [0.25, 0.3) is 0 Å². The normalized spacial score (nSPS) is 19.1. The minimum absolute atomic E-state index is 0.0937. The van der Waals surface area contributed by atoms with Gasteiger partial charge < -0.3 is 18.8 Å². The van der Waals surface area contributed by atoms with E-state index < -0.39 is 0 Å². The van der Waals surface area contributed by atoms with Gasteiger partial charge in [0.2, 0.25) is 5.91 Å². The lowest BCUT2D eigenvalue weighted by atomic mass is 9.94. The van der Waals surface area contributed by atoms with Gasteiger partial charge in [-0.15, -0.1) is 0 Å². The Balaban J connectivity index is 1.42. The summed E-state index contributed by atoms with van der Waals surface area (Å²) in [5, 5.41) is 0.923. The fourth-order valence-electron chi connectivity index (χ4n) is 4.09. The van der Waals surface area contributed by atoms with Crippen molar-refractivity contribution in [2.45, 2.75) is 19.4 Å². The average molecular weight is 386 g/mol. The molecule has 0 saturated carbocycles. The van der Waals surface area contributed by atoms with E-state index in [1.807, 2.05) is 17.0 Å². The topological polar surface area (TPSA) is 72.2 Å². The van der Waals surface area contributed by atoms with Crippen molar-refractivity contribution < 1.29 is 18.7 Å². The summed E-state index contributed by atoms with van der Waals surface area (Å²) in [5.41, 5.74) is 1.14. The van der Waals surface area contributed by atoms with E-state index in [-0.39, 0.29) is 17.5 Å². The van der Waals surface area contributed by atoms with Gasteiger partial charge in [0.05, 0.1) is 20.3 Å². The number of benzene rings is 1. The zero-order valence-corrected chi connectivity index (χ0v) is 16.2. The molecule has 0 aliphatic carbocycles. The molecule has 2 aliphatic heterocycles. The Bertz CT molecular complexity index is 895. The second kappa shape index (κ2) is 8.32. The molecule has 2 saturated heterocycles. The highest BCUT2D eigenvalue weighted by Crippen LogP contribution is 2.26. The lowest BCUT2D eigenvalue weighted by Gasteiger charge is -2.35. The molecule has 1 aromatic heterocycles. The maximum Gasteiger partial charge on any atom is 0.336 e. The molecule has 0 atom stereocenters. The van der Waals surface area contributed by atoms with Crippen LogP contribution in [0.2, 0.25) is 0 Å². The van der Waals surface area contributed by atoms with Gasteiger partial charge in [-0.2, -0.15) is 0 Å². The third kappa shape index (κ3) is 4.05. The first-order valence-electron chi connectivity index (χ1n) is 9.84. The van der Waals surface area contributed by atoms with Crippen molar-refractivity contribution in [1.82, 2.24) is 9.80 Å². The molecule has 0 bridgehead atoms. The van der Waals surface area contributed by atoms with E-state index in [0.29, 0.717) is 44.2 Å². The third-order valence-electron chi connectivity index (χ3n) is 5.69. The van der Waals surface area contributed by atoms with Gasteiger partial charge in [-0.1, -0.05) is 0 Å². The van der Waals surface area contributed by atoms with Crippen molar-refractivity contribution in [3.05, 3.63) is 40.2 Å². The van der Waals surface area contributed by atoms with Gasteiger partial charge in [0.15, 0.2) is 0 Å². The van der Waals surface area contributed by atoms with E-state index in [4.69, 9.17) is 13.9 Å². The van der Waals surface area contributed by atoms with Crippen molar-refractivity contribution in [3.8, 4) is 5.75 Å². The molecule has 0 unspecified atom stereocenters. The monoisotopic (exact) mass is 386 g/mol. The van der Waals surface area contributed by atoms with E-state index in [0.717, 1.165) is 36.9 Å². The molecule has 0 radical (unpaired) electrons. The summed E-state index contributed by atoms with van der Waals surface area (Å²) >= 11 is 0. The Morgan fingerprint density at radius 2 is 1.89 bits per heavy atom. The summed E-state index contributed by atoms with van der Waals surface area (Å²) in [6.07, 6.45) is 1.70. The lowest BCUT2D eigenvalue weighted by Crippen LogP contribution is -2.46. The molecule has 3 heterocycles. The van der Waals surface area contributed by atoms with E-state index in [9.17, 15) is 9.59 Å². The van der Waals surface area contributed by atoms with Crippen LogP contribution in [-0.4, -0.2) is 62.2 Å².